The second kappa shape index (κ2) is 9.78. The smallest absolute Gasteiger partial charge is 0.320 e. The van der Waals surface area contributed by atoms with E-state index in [1.54, 1.807) is 24.3 Å². The Labute approximate surface area is 192 Å². The highest BCUT2D eigenvalue weighted by Gasteiger charge is 2.43. The molecule has 0 aliphatic carbocycles. The van der Waals surface area contributed by atoms with Crippen LogP contribution in [-0.2, 0) is 16.0 Å². The third kappa shape index (κ3) is 5.53. The van der Waals surface area contributed by atoms with Crippen molar-refractivity contribution in [3.63, 3.8) is 0 Å². The number of aliphatic carboxylic acids is 2. The quantitative estimate of drug-likeness (QED) is 0.348. The van der Waals surface area contributed by atoms with Crippen molar-refractivity contribution < 1.29 is 29.0 Å². The maximum atomic E-state index is 14.2. The lowest BCUT2D eigenvalue weighted by Gasteiger charge is -2.26. The van der Waals surface area contributed by atoms with Crippen molar-refractivity contribution in [2.75, 3.05) is 0 Å². The number of rotatable bonds is 9. The van der Waals surface area contributed by atoms with Crippen molar-refractivity contribution in [1.82, 2.24) is 20.7 Å². The molecule has 3 rings (SSSR count). The van der Waals surface area contributed by atoms with E-state index in [0.717, 1.165) is 6.92 Å². The van der Waals surface area contributed by atoms with Crippen LogP contribution in [0.2, 0.25) is 5.02 Å². The molecule has 0 radical (unpaired) electrons. The lowest BCUT2D eigenvalue weighted by Crippen LogP contribution is -2.46. The number of H-pyrrole nitrogens is 1. The molecular formula is C22H20ClFN4O5. The van der Waals surface area contributed by atoms with Gasteiger partial charge in [-0.05, 0) is 49.1 Å². The predicted molar refractivity (Wildman–Crippen MR) is 116 cm³/mol. The highest BCUT2D eigenvalue weighted by Crippen LogP contribution is 2.28. The van der Waals surface area contributed by atoms with Crippen LogP contribution >= 0.6 is 11.6 Å². The van der Waals surface area contributed by atoms with Crippen LogP contribution in [0.15, 0.2) is 48.7 Å². The molecule has 3 aromatic rings. The Morgan fingerprint density at radius 3 is 2.39 bits per heavy atom. The van der Waals surface area contributed by atoms with Gasteiger partial charge in [-0.15, -0.1) is 5.10 Å². The van der Waals surface area contributed by atoms with Crippen LogP contribution < -0.4 is 5.32 Å². The first-order valence-electron chi connectivity index (χ1n) is 9.78. The number of carbonyl (C=O) groups is 3. The van der Waals surface area contributed by atoms with E-state index < -0.39 is 35.1 Å². The Morgan fingerprint density at radius 2 is 1.82 bits per heavy atom. The summed E-state index contributed by atoms with van der Waals surface area (Å²) in [5, 5.41) is 31.4. The fourth-order valence-electron chi connectivity index (χ4n) is 3.33. The monoisotopic (exact) mass is 474 g/mol. The number of halogens is 2. The molecule has 0 spiro atoms. The van der Waals surface area contributed by atoms with Gasteiger partial charge >= 0.3 is 11.9 Å². The molecule has 0 saturated carbocycles. The van der Waals surface area contributed by atoms with Crippen LogP contribution in [-0.4, -0.2) is 49.5 Å². The number of hydrogen-bond donors (Lipinski definition) is 4. The molecule has 0 bridgehead atoms. The summed E-state index contributed by atoms with van der Waals surface area (Å²) in [5.74, 6) is -4.13. The summed E-state index contributed by atoms with van der Waals surface area (Å²) >= 11 is 5.96. The zero-order chi connectivity index (χ0) is 24.2. The number of aromatic nitrogens is 3. The highest BCUT2D eigenvalue weighted by molar-refractivity contribution is 6.30. The summed E-state index contributed by atoms with van der Waals surface area (Å²) in [6.45, 7) is 1.08. The Hall–Kier alpha value is -3.79. The lowest BCUT2D eigenvalue weighted by molar-refractivity contribution is -0.164. The maximum absolute atomic E-state index is 14.2. The first-order valence-corrected chi connectivity index (χ1v) is 10.2. The number of carboxylic acid groups (broad SMARTS) is 2. The molecule has 1 amide bonds. The number of amides is 1. The minimum Gasteiger partial charge on any atom is -0.480 e. The molecule has 0 aliphatic rings. The van der Waals surface area contributed by atoms with Gasteiger partial charge in [-0.2, -0.15) is 0 Å². The first kappa shape index (κ1) is 23.9. The fourth-order valence-corrected chi connectivity index (χ4v) is 3.50. The van der Waals surface area contributed by atoms with Crippen molar-refractivity contribution >= 4 is 29.4 Å². The molecule has 1 unspecified atom stereocenters. The van der Waals surface area contributed by atoms with Crippen molar-refractivity contribution in [3.8, 4) is 11.1 Å². The summed E-state index contributed by atoms with van der Waals surface area (Å²) in [6, 6.07) is 10.0. The van der Waals surface area contributed by atoms with E-state index in [2.05, 4.69) is 20.7 Å². The predicted octanol–water partition coefficient (Wildman–Crippen LogP) is 3.17. The maximum Gasteiger partial charge on any atom is 0.320 e. The molecule has 4 N–H and O–H groups in total. The Balaban J connectivity index is 1.85. The van der Waals surface area contributed by atoms with Crippen LogP contribution in [0.5, 0.6) is 0 Å². The standard InChI is InChI=1S/C22H20ClFN4O5/c1-22(20(30)31,21(32)33)10-15(26-19(29)18-11-25-28-27-18)8-12-2-4-13(5-3-12)16-9-14(23)6-7-17(16)24/h2-7,9,11,15H,8,10H2,1H3,(H,26,29)(H,30,31)(H,32,33)(H,25,27,28). The van der Waals surface area contributed by atoms with Crippen LogP contribution in [0.4, 0.5) is 4.39 Å². The molecule has 33 heavy (non-hydrogen) atoms. The van der Waals surface area contributed by atoms with Crippen LogP contribution in [0.25, 0.3) is 11.1 Å². The van der Waals surface area contributed by atoms with Crippen molar-refractivity contribution in [2.24, 2.45) is 5.41 Å². The van der Waals surface area contributed by atoms with Gasteiger partial charge in [-0.3, -0.25) is 19.5 Å². The molecule has 1 atom stereocenters. The zero-order valence-electron chi connectivity index (χ0n) is 17.4. The molecule has 0 aliphatic heterocycles. The van der Waals surface area contributed by atoms with E-state index in [0.29, 0.717) is 21.7 Å². The van der Waals surface area contributed by atoms with E-state index >= 15 is 0 Å². The topological polar surface area (TPSA) is 145 Å². The van der Waals surface area contributed by atoms with Crippen LogP contribution in [0, 0.1) is 11.2 Å². The van der Waals surface area contributed by atoms with E-state index in [-0.39, 0.29) is 18.5 Å². The van der Waals surface area contributed by atoms with E-state index in [1.807, 2.05) is 0 Å². The van der Waals surface area contributed by atoms with E-state index in [4.69, 9.17) is 11.6 Å². The van der Waals surface area contributed by atoms with Gasteiger partial charge in [0.2, 0.25) is 0 Å². The van der Waals surface area contributed by atoms with E-state index in [9.17, 15) is 29.0 Å². The molecule has 0 fully saturated rings. The molecule has 1 aromatic heterocycles. The fraction of sp³-hybridized carbons (Fsp3) is 0.227. The second-order valence-electron chi connectivity index (χ2n) is 7.70. The summed E-state index contributed by atoms with van der Waals surface area (Å²) in [4.78, 5) is 35.8. The number of hydrogen-bond acceptors (Lipinski definition) is 5. The van der Waals surface area contributed by atoms with E-state index in [1.165, 1.54) is 24.4 Å². The largest absolute Gasteiger partial charge is 0.480 e. The molecule has 0 saturated heterocycles. The van der Waals surface area contributed by atoms with Gasteiger partial charge in [-0.1, -0.05) is 41.1 Å². The van der Waals surface area contributed by atoms with Crippen LogP contribution in [0.3, 0.4) is 0 Å². The van der Waals surface area contributed by atoms with Gasteiger partial charge in [0.1, 0.15) is 5.82 Å². The number of carbonyl (C=O) groups excluding carboxylic acids is 1. The van der Waals surface area contributed by atoms with Gasteiger partial charge in [0.15, 0.2) is 11.1 Å². The average molecular weight is 475 g/mol. The molecule has 11 heteroatoms. The third-order valence-electron chi connectivity index (χ3n) is 5.26. The SMILES string of the molecule is CC(CC(Cc1ccc(-c2cc(Cl)ccc2F)cc1)NC(=O)c1c[nH]nn1)(C(=O)O)C(=O)O. The summed E-state index contributed by atoms with van der Waals surface area (Å²) in [5.41, 5.74) is -0.605. The summed E-state index contributed by atoms with van der Waals surface area (Å²) in [6.07, 6.45) is 0.998. The Morgan fingerprint density at radius 1 is 1.15 bits per heavy atom. The van der Waals surface area contributed by atoms with Crippen molar-refractivity contribution in [2.45, 2.75) is 25.8 Å². The first-order chi connectivity index (χ1) is 15.6. The molecule has 2 aromatic carbocycles. The second-order valence-corrected chi connectivity index (χ2v) is 8.14. The van der Waals surface area contributed by atoms with Gasteiger partial charge in [-0.25, -0.2) is 4.39 Å². The number of aromatic amines is 1. The van der Waals surface area contributed by atoms with Gasteiger partial charge in [0.25, 0.3) is 5.91 Å². The molecular weight excluding hydrogens is 455 g/mol. The highest BCUT2D eigenvalue weighted by atomic mass is 35.5. The average Bonchev–Trinajstić information content (AvgIpc) is 3.31. The number of carboxylic acids is 2. The van der Waals surface area contributed by atoms with Crippen molar-refractivity contribution in [3.05, 3.63) is 70.8 Å². The third-order valence-corrected chi connectivity index (χ3v) is 5.49. The molecule has 172 valence electrons. The molecule has 1 heterocycles. The minimum atomic E-state index is -2.13. The number of nitrogens with zero attached hydrogens (tertiary/aromatic N) is 2. The minimum absolute atomic E-state index is 0.0286. The number of benzene rings is 2. The zero-order valence-corrected chi connectivity index (χ0v) is 18.1. The van der Waals surface area contributed by atoms with Crippen LogP contribution in [0.1, 0.15) is 29.4 Å². The van der Waals surface area contributed by atoms with Gasteiger partial charge in [0, 0.05) is 16.6 Å². The molecule has 9 nitrogen and oxygen atoms in total. The van der Waals surface area contributed by atoms with Crippen molar-refractivity contribution in [1.29, 1.82) is 0 Å². The van der Waals surface area contributed by atoms with Gasteiger partial charge in [0.05, 0.1) is 6.20 Å². The Bertz CT molecular complexity index is 1150. The lowest BCUT2D eigenvalue weighted by atomic mass is 9.82. The van der Waals surface area contributed by atoms with Gasteiger partial charge < -0.3 is 15.5 Å². The summed E-state index contributed by atoms with van der Waals surface area (Å²) < 4.78 is 14.2. The normalized spacial score (nSPS) is 12.2. The number of nitrogens with one attached hydrogen (secondary N) is 2. The summed E-state index contributed by atoms with van der Waals surface area (Å²) in [7, 11) is 0. The Kier molecular flexibility index (Phi) is 7.07.